The van der Waals surface area contributed by atoms with E-state index in [1.807, 2.05) is 0 Å². The van der Waals surface area contributed by atoms with E-state index in [0.29, 0.717) is 23.0 Å². The normalized spacial score (nSPS) is 49.4. The SMILES string of the molecule is COC[C@H]1C[C@@H]2C(=O)C(C)(C)C[C@@]23[C@H](C)CC[C@@H]13. The number of hydrogen-bond donors (Lipinski definition) is 0. The van der Waals surface area contributed by atoms with Gasteiger partial charge in [-0.1, -0.05) is 20.8 Å². The third kappa shape index (κ3) is 1.36. The summed E-state index contributed by atoms with van der Waals surface area (Å²) in [5.41, 5.74) is 0.239. The minimum atomic E-state index is -0.0838. The van der Waals surface area contributed by atoms with E-state index < -0.39 is 0 Å². The van der Waals surface area contributed by atoms with Gasteiger partial charge in [0.2, 0.25) is 0 Å². The van der Waals surface area contributed by atoms with Crippen molar-refractivity contribution in [2.45, 2.75) is 46.5 Å². The average Bonchev–Trinajstić information content (AvgIpc) is 2.82. The van der Waals surface area contributed by atoms with Crippen molar-refractivity contribution in [2.24, 2.45) is 34.5 Å². The lowest BCUT2D eigenvalue weighted by molar-refractivity contribution is -0.128. The third-order valence-electron chi connectivity index (χ3n) is 6.39. The lowest BCUT2D eigenvalue weighted by Gasteiger charge is -2.35. The summed E-state index contributed by atoms with van der Waals surface area (Å²) in [5, 5.41) is 0. The van der Waals surface area contributed by atoms with Crippen molar-refractivity contribution in [3.63, 3.8) is 0 Å². The maximum absolute atomic E-state index is 12.7. The van der Waals surface area contributed by atoms with Gasteiger partial charge in [-0.2, -0.15) is 0 Å². The van der Waals surface area contributed by atoms with Gasteiger partial charge in [0.25, 0.3) is 0 Å². The summed E-state index contributed by atoms with van der Waals surface area (Å²) in [5.74, 6) is 2.96. The van der Waals surface area contributed by atoms with Crippen molar-refractivity contribution in [3.8, 4) is 0 Å². The number of hydrogen-bond acceptors (Lipinski definition) is 2. The summed E-state index contributed by atoms with van der Waals surface area (Å²) in [6, 6.07) is 0. The Morgan fingerprint density at radius 2 is 2.06 bits per heavy atom. The van der Waals surface area contributed by atoms with Crippen molar-refractivity contribution in [1.29, 1.82) is 0 Å². The molecule has 18 heavy (non-hydrogen) atoms. The van der Waals surface area contributed by atoms with Gasteiger partial charge in [0.15, 0.2) is 0 Å². The minimum Gasteiger partial charge on any atom is -0.384 e. The van der Waals surface area contributed by atoms with E-state index in [-0.39, 0.29) is 5.41 Å². The highest BCUT2D eigenvalue weighted by molar-refractivity contribution is 5.90. The van der Waals surface area contributed by atoms with E-state index in [1.54, 1.807) is 7.11 Å². The Bertz CT molecular complexity index is 373. The molecule has 3 aliphatic rings. The Morgan fingerprint density at radius 1 is 1.33 bits per heavy atom. The topological polar surface area (TPSA) is 26.3 Å². The highest BCUT2D eigenvalue weighted by atomic mass is 16.5. The lowest BCUT2D eigenvalue weighted by atomic mass is 9.68. The molecule has 102 valence electrons. The van der Waals surface area contributed by atoms with Crippen molar-refractivity contribution >= 4 is 5.78 Å². The first-order chi connectivity index (χ1) is 8.43. The number of carbonyl (C=O) groups excluding carboxylic acids is 1. The molecular weight excluding hydrogens is 224 g/mol. The number of ether oxygens (including phenoxy) is 1. The second-order valence-electron chi connectivity index (χ2n) is 7.63. The van der Waals surface area contributed by atoms with Crippen LogP contribution in [0, 0.1) is 34.5 Å². The molecule has 5 atom stereocenters. The summed E-state index contributed by atoms with van der Waals surface area (Å²) in [6.45, 7) is 7.56. The fourth-order valence-corrected chi connectivity index (χ4v) is 5.80. The first-order valence-electron chi connectivity index (χ1n) is 7.46. The first-order valence-corrected chi connectivity index (χ1v) is 7.46. The molecule has 0 unspecified atom stereocenters. The molecule has 0 heterocycles. The van der Waals surface area contributed by atoms with Gasteiger partial charge < -0.3 is 4.74 Å². The molecule has 0 radical (unpaired) electrons. The molecule has 2 nitrogen and oxygen atoms in total. The second kappa shape index (κ2) is 3.82. The molecule has 0 bridgehead atoms. The molecule has 0 aromatic carbocycles. The standard InChI is InChI=1S/C16H26O2/c1-10-5-6-12-11(8-18-4)7-13-14(17)15(2,3)9-16(10,12)13/h10-13H,5-9H2,1-4H3/t10-,11-,12+,13-,16+/m1/s1. The number of ketones is 1. The van der Waals surface area contributed by atoms with E-state index >= 15 is 0 Å². The quantitative estimate of drug-likeness (QED) is 0.751. The van der Waals surface area contributed by atoms with Crippen molar-refractivity contribution in [2.75, 3.05) is 13.7 Å². The van der Waals surface area contributed by atoms with Crippen LogP contribution in [0.1, 0.15) is 46.5 Å². The fraction of sp³-hybridized carbons (Fsp3) is 0.938. The highest BCUT2D eigenvalue weighted by Gasteiger charge is 2.68. The van der Waals surface area contributed by atoms with Crippen molar-refractivity contribution < 1.29 is 9.53 Å². The van der Waals surface area contributed by atoms with Crippen LogP contribution in [0.5, 0.6) is 0 Å². The zero-order valence-electron chi connectivity index (χ0n) is 12.2. The fourth-order valence-electron chi connectivity index (χ4n) is 5.80. The molecule has 0 aromatic rings. The largest absolute Gasteiger partial charge is 0.384 e. The van der Waals surface area contributed by atoms with Crippen LogP contribution in [0.15, 0.2) is 0 Å². The number of rotatable bonds is 2. The van der Waals surface area contributed by atoms with Crippen LogP contribution >= 0.6 is 0 Å². The predicted molar refractivity (Wildman–Crippen MR) is 71.2 cm³/mol. The molecule has 1 spiro atoms. The molecule has 2 heteroatoms. The van der Waals surface area contributed by atoms with Gasteiger partial charge in [-0.3, -0.25) is 4.79 Å². The maximum atomic E-state index is 12.7. The summed E-state index contributed by atoms with van der Waals surface area (Å²) in [4.78, 5) is 12.7. The molecule has 0 saturated heterocycles. The summed E-state index contributed by atoms with van der Waals surface area (Å²) in [6.07, 6.45) is 4.83. The molecule has 3 fully saturated rings. The molecule has 0 aliphatic heterocycles. The van der Waals surface area contributed by atoms with Gasteiger partial charge in [-0.25, -0.2) is 0 Å². The first kappa shape index (κ1) is 12.7. The lowest BCUT2D eigenvalue weighted by Crippen LogP contribution is -2.32. The Labute approximate surface area is 110 Å². The van der Waals surface area contributed by atoms with Crippen LogP contribution < -0.4 is 0 Å². The predicted octanol–water partition coefficient (Wildman–Crippen LogP) is 3.30. The van der Waals surface area contributed by atoms with Gasteiger partial charge >= 0.3 is 0 Å². The average molecular weight is 250 g/mol. The summed E-state index contributed by atoms with van der Waals surface area (Å²) < 4.78 is 5.41. The van der Waals surface area contributed by atoms with Crippen LogP contribution in [0.4, 0.5) is 0 Å². The molecule has 3 saturated carbocycles. The van der Waals surface area contributed by atoms with Gasteiger partial charge in [-0.05, 0) is 48.9 Å². The van der Waals surface area contributed by atoms with Gasteiger partial charge in [0.05, 0.1) is 0 Å². The molecule has 0 amide bonds. The minimum absolute atomic E-state index is 0.0838. The number of methoxy groups -OCH3 is 1. The van der Waals surface area contributed by atoms with Gasteiger partial charge in [-0.15, -0.1) is 0 Å². The summed E-state index contributed by atoms with van der Waals surface area (Å²) >= 11 is 0. The maximum Gasteiger partial charge on any atom is 0.142 e. The second-order valence-corrected chi connectivity index (χ2v) is 7.63. The Balaban J connectivity index is 1.99. The van der Waals surface area contributed by atoms with E-state index in [9.17, 15) is 4.79 Å². The van der Waals surface area contributed by atoms with Gasteiger partial charge in [0.1, 0.15) is 5.78 Å². The van der Waals surface area contributed by atoms with Crippen LogP contribution in [0.2, 0.25) is 0 Å². The molecular formula is C16H26O2. The Hall–Kier alpha value is -0.370. The van der Waals surface area contributed by atoms with Crippen LogP contribution in [0.25, 0.3) is 0 Å². The number of Topliss-reactive ketones (excluding diaryl/α,β-unsaturated/α-hetero) is 1. The van der Waals surface area contributed by atoms with E-state index in [4.69, 9.17) is 4.74 Å². The Kier molecular flexibility index (Phi) is 2.68. The monoisotopic (exact) mass is 250 g/mol. The van der Waals surface area contributed by atoms with E-state index in [1.165, 1.54) is 12.8 Å². The summed E-state index contributed by atoms with van der Waals surface area (Å²) in [7, 11) is 1.80. The van der Waals surface area contributed by atoms with Crippen LogP contribution in [-0.4, -0.2) is 19.5 Å². The molecule has 3 aliphatic carbocycles. The highest BCUT2D eigenvalue weighted by Crippen LogP contribution is 2.70. The van der Waals surface area contributed by atoms with Crippen LogP contribution in [0.3, 0.4) is 0 Å². The van der Waals surface area contributed by atoms with E-state index in [0.717, 1.165) is 31.3 Å². The number of carbonyl (C=O) groups is 1. The van der Waals surface area contributed by atoms with Crippen molar-refractivity contribution in [3.05, 3.63) is 0 Å². The van der Waals surface area contributed by atoms with Gasteiger partial charge in [0, 0.05) is 25.0 Å². The molecule has 3 rings (SSSR count). The molecule has 0 aromatic heterocycles. The van der Waals surface area contributed by atoms with E-state index in [2.05, 4.69) is 20.8 Å². The zero-order chi connectivity index (χ0) is 13.1. The van der Waals surface area contributed by atoms with Crippen LogP contribution in [-0.2, 0) is 9.53 Å². The Morgan fingerprint density at radius 3 is 2.72 bits per heavy atom. The van der Waals surface area contributed by atoms with Crippen molar-refractivity contribution in [1.82, 2.24) is 0 Å². The molecule has 0 N–H and O–H groups in total. The third-order valence-corrected chi connectivity index (χ3v) is 6.39. The zero-order valence-corrected chi connectivity index (χ0v) is 12.2. The smallest absolute Gasteiger partial charge is 0.142 e.